The van der Waals surface area contributed by atoms with E-state index in [9.17, 15) is 24.6 Å². The van der Waals surface area contributed by atoms with Crippen LogP contribution in [-0.2, 0) is 6.54 Å². The molecule has 2 heterocycles. The molecule has 30 heavy (non-hydrogen) atoms. The molecule has 0 aliphatic carbocycles. The van der Waals surface area contributed by atoms with Crippen LogP contribution in [-0.4, -0.2) is 25.7 Å². The third-order valence-electron chi connectivity index (χ3n) is 4.82. The first-order chi connectivity index (χ1) is 14.4. The molecule has 0 aliphatic heterocycles. The first-order valence-corrected chi connectivity index (χ1v) is 9.04. The van der Waals surface area contributed by atoms with Gasteiger partial charge in [0.1, 0.15) is 11.3 Å². The Morgan fingerprint density at radius 2 is 1.70 bits per heavy atom. The van der Waals surface area contributed by atoms with Crippen LogP contribution in [0.5, 0.6) is 11.5 Å². The van der Waals surface area contributed by atoms with Gasteiger partial charge < -0.3 is 25.1 Å². The van der Waals surface area contributed by atoms with Gasteiger partial charge in [-0.1, -0.05) is 30.3 Å². The Labute approximate surface area is 169 Å². The molecule has 0 bridgehead atoms. The first-order valence-electron chi connectivity index (χ1n) is 9.04. The molecule has 4 N–H and O–H groups in total. The Bertz CT molecular complexity index is 1450. The SMILES string of the molecule is C=CCn1c(=O)c(C(=O)Nc2c(O)c3ccccc3[nH]c2=O)c(O)c2ccccc21. The number of carbonyl (C=O) groups excluding carboxylic acids is 1. The van der Waals surface area contributed by atoms with E-state index >= 15 is 0 Å². The average molecular weight is 403 g/mol. The minimum atomic E-state index is -1.02. The van der Waals surface area contributed by atoms with Crippen LogP contribution >= 0.6 is 0 Å². The van der Waals surface area contributed by atoms with E-state index in [4.69, 9.17) is 0 Å². The van der Waals surface area contributed by atoms with Crippen molar-refractivity contribution in [1.29, 1.82) is 0 Å². The number of anilines is 1. The van der Waals surface area contributed by atoms with Crippen molar-refractivity contribution in [3.63, 3.8) is 0 Å². The number of rotatable bonds is 4. The number of amides is 1. The normalized spacial score (nSPS) is 10.9. The predicted molar refractivity (Wildman–Crippen MR) is 114 cm³/mol. The lowest BCUT2D eigenvalue weighted by Crippen LogP contribution is -2.31. The Kier molecular flexibility index (Phi) is 4.59. The molecule has 0 spiro atoms. The molecule has 150 valence electrons. The number of pyridine rings is 2. The highest BCUT2D eigenvalue weighted by Crippen LogP contribution is 2.30. The number of H-pyrrole nitrogens is 1. The molecule has 0 saturated heterocycles. The van der Waals surface area contributed by atoms with Crippen molar-refractivity contribution in [3.8, 4) is 11.5 Å². The van der Waals surface area contributed by atoms with Crippen LogP contribution in [0.15, 0.2) is 70.8 Å². The van der Waals surface area contributed by atoms with Crippen LogP contribution in [0.1, 0.15) is 10.4 Å². The van der Waals surface area contributed by atoms with E-state index in [1.165, 1.54) is 10.6 Å². The van der Waals surface area contributed by atoms with Crippen molar-refractivity contribution in [2.24, 2.45) is 0 Å². The van der Waals surface area contributed by atoms with Crippen LogP contribution in [0.3, 0.4) is 0 Å². The van der Waals surface area contributed by atoms with Crippen molar-refractivity contribution in [2.45, 2.75) is 6.54 Å². The molecule has 0 radical (unpaired) electrons. The molecule has 0 unspecified atom stereocenters. The summed E-state index contributed by atoms with van der Waals surface area (Å²) in [7, 11) is 0. The number of allylic oxidation sites excluding steroid dienone is 1. The number of benzene rings is 2. The lowest BCUT2D eigenvalue weighted by atomic mass is 10.1. The number of nitrogens with zero attached hydrogens (tertiary/aromatic N) is 1. The summed E-state index contributed by atoms with van der Waals surface area (Å²) >= 11 is 0. The molecular formula is C22H17N3O5. The zero-order valence-electron chi connectivity index (χ0n) is 15.7. The van der Waals surface area contributed by atoms with E-state index in [0.717, 1.165) is 0 Å². The van der Waals surface area contributed by atoms with Crippen LogP contribution in [0.25, 0.3) is 21.8 Å². The minimum Gasteiger partial charge on any atom is -0.506 e. The summed E-state index contributed by atoms with van der Waals surface area (Å²) in [6.45, 7) is 3.73. The third kappa shape index (κ3) is 2.91. The van der Waals surface area contributed by atoms with Gasteiger partial charge in [-0.3, -0.25) is 14.4 Å². The summed E-state index contributed by atoms with van der Waals surface area (Å²) in [6.07, 6.45) is 1.49. The molecular weight excluding hydrogens is 386 g/mol. The zero-order chi connectivity index (χ0) is 21.4. The van der Waals surface area contributed by atoms with Crippen LogP contribution in [0.4, 0.5) is 5.69 Å². The van der Waals surface area contributed by atoms with E-state index in [1.807, 2.05) is 0 Å². The highest BCUT2D eigenvalue weighted by molar-refractivity contribution is 6.10. The fraction of sp³-hybridized carbons (Fsp3) is 0.0455. The molecule has 4 aromatic rings. The Morgan fingerprint density at radius 3 is 2.43 bits per heavy atom. The van der Waals surface area contributed by atoms with Gasteiger partial charge in [-0.05, 0) is 24.3 Å². The van der Waals surface area contributed by atoms with E-state index in [1.54, 1.807) is 48.5 Å². The number of nitrogens with one attached hydrogen (secondary N) is 2. The van der Waals surface area contributed by atoms with Crippen molar-refractivity contribution in [3.05, 3.63) is 87.5 Å². The molecule has 8 nitrogen and oxygen atoms in total. The number of hydrogen-bond acceptors (Lipinski definition) is 5. The number of para-hydroxylation sites is 2. The van der Waals surface area contributed by atoms with Crippen LogP contribution in [0, 0.1) is 0 Å². The van der Waals surface area contributed by atoms with Gasteiger partial charge in [0.25, 0.3) is 17.0 Å². The molecule has 1 amide bonds. The van der Waals surface area contributed by atoms with Crippen molar-refractivity contribution in [1.82, 2.24) is 9.55 Å². The zero-order valence-corrected chi connectivity index (χ0v) is 15.7. The molecule has 4 rings (SSSR count). The number of aromatic amines is 1. The van der Waals surface area contributed by atoms with Crippen LogP contribution in [0.2, 0.25) is 0 Å². The molecule has 0 atom stereocenters. The van der Waals surface area contributed by atoms with Gasteiger partial charge in [0.2, 0.25) is 0 Å². The lowest BCUT2D eigenvalue weighted by Gasteiger charge is -2.14. The second-order valence-electron chi connectivity index (χ2n) is 6.62. The monoisotopic (exact) mass is 403 g/mol. The van der Waals surface area contributed by atoms with E-state index in [-0.39, 0.29) is 6.54 Å². The highest BCUT2D eigenvalue weighted by Gasteiger charge is 2.24. The minimum absolute atomic E-state index is 0.113. The second kappa shape index (κ2) is 7.25. The second-order valence-corrected chi connectivity index (χ2v) is 6.62. The fourth-order valence-electron chi connectivity index (χ4n) is 3.42. The highest BCUT2D eigenvalue weighted by atomic mass is 16.3. The Morgan fingerprint density at radius 1 is 1.03 bits per heavy atom. The lowest BCUT2D eigenvalue weighted by molar-refractivity contribution is 0.102. The van der Waals surface area contributed by atoms with Gasteiger partial charge in [-0.25, -0.2) is 0 Å². The van der Waals surface area contributed by atoms with Gasteiger partial charge in [0.05, 0.1) is 11.0 Å². The van der Waals surface area contributed by atoms with Gasteiger partial charge in [-0.15, -0.1) is 6.58 Å². The Balaban J connectivity index is 1.89. The van der Waals surface area contributed by atoms with Crippen LogP contribution < -0.4 is 16.4 Å². The van der Waals surface area contributed by atoms with Crippen molar-refractivity contribution < 1.29 is 15.0 Å². The number of aromatic hydroxyl groups is 2. The summed E-state index contributed by atoms with van der Waals surface area (Å²) in [6, 6.07) is 13.1. The predicted octanol–water partition coefficient (Wildman–Crippen LogP) is 2.69. The van der Waals surface area contributed by atoms with Crippen molar-refractivity contribution >= 4 is 33.4 Å². The standard InChI is InChI=1S/C22H17N3O5/c1-2-11-25-15-10-6-4-8-13(15)18(26)16(22(25)30)20(28)24-17-19(27)12-7-3-5-9-14(12)23-21(17)29/h2-10,26H,1,11H2,(H,24,28)(H2,23,27,29). The first kappa shape index (κ1) is 19.0. The maximum absolute atomic E-state index is 13.0. The third-order valence-corrected chi connectivity index (χ3v) is 4.82. The van der Waals surface area contributed by atoms with E-state index in [0.29, 0.717) is 21.8 Å². The van der Waals surface area contributed by atoms with Gasteiger partial charge in [0.15, 0.2) is 11.4 Å². The summed E-state index contributed by atoms with van der Waals surface area (Å²) in [4.78, 5) is 40.8. The van der Waals surface area contributed by atoms with Crippen molar-refractivity contribution in [2.75, 3.05) is 5.32 Å². The summed E-state index contributed by atoms with van der Waals surface area (Å²) in [5.41, 5.74) is -1.63. The molecule has 8 heteroatoms. The number of carbonyl (C=O) groups is 1. The molecule has 0 fully saturated rings. The maximum Gasteiger partial charge on any atom is 0.276 e. The number of hydrogen-bond donors (Lipinski definition) is 4. The summed E-state index contributed by atoms with van der Waals surface area (Å²) in [5.74, 6) is -1.96. The number of fused-ring (bicyclic) bond motifs is 2. The fourth-order valence-corrected chi connectivity index (χ4v) is 3.42. The Hall–Kier alpha value is -4.33. The molecule has 0 aliphatic rings. The van der Waals surface area contributed by atoms with E-state index in [2.05, 4.69) is 16.9 Å². The molecule has 2 aromatic carbocycles. The quantitative estimate of drug-likeness (QED) is 0.390. The van der Waals surface area contributed by atoms with Gasteiger partial charge in [-0.2, -0.15) is 0 Å². The smallest absolute Gasteiger partial charge is 0.276 e. The number of aromatic nitrogens is 2. The summed E-state index contributed by atoms with van der Waals surface area (Å²) in [5, 5.41) is 24.0. The molecule has 0 saturated carbocycles. The average Bonchev–Trinajstić information content (AvgIpc) is 2.74. The van der Waals surface area contributed by atoms with Gasteiger partial charge >= 0.3 is 0 Å². The van der Waals surface area contributed by atoms with E-state index < -0.39 is 39.8 Å². The summed E-state index contributed by atoms with van der Waals surface area (Å²) < 4.78 is 1.29. The largest absolute Gasteiger partial charge is 0.506 e. The van der Waals surface area contributed by atoms with Gasteiger partial charge in [0, 0.05) is 17.3 Å². The maximum atomic E-state index is 13.0. The molecule has 2 aromatic heterocycles. The topological polar surface area (TPSA) is 124 Å².